The number of rotatable bonds is 7. The third-order valence-electron chi connectivity index (χ3n) is 20.7. The molecule has 2 N–H and O–H groups in total. The van der Waals surface area contributed by atoms with E-state index in [9.17, 15) is 59.0 Å². The highest BCUT2D eigenvalue weighted by molar-refractivity contribution is 6.32. The van der Waals surface area contributed by atoms with Crippen molar-refractivity contribution in [3.63, 3.8) is 0 Å². The van der Waals surface area contributed by atoms with Crippen molar-refractivity contribution >= 4 is 29.3 Å². The van der Waals surface area contributed by atoms with Crippen LogP contribution in [0.3, 0.4) is 0 Å². The standard InChI is InChI=1S/C26H32F3N3O2.C24H29ClF3N3O2.C21H24F3N3O.H2/c1-17-16-18(4-7-20(17)24(2,3)34)23(33)30-12-10-25(11-13-30)21-8-9-22(26(27,28)29)31(21)14-15-32(25)19-5-6-19;1-15(2)33-18-6-5-16(13-17(18)25)21(32)30-11-9-23(10-12-30)19-7-8-20(24(26,27)28)31(19)22(3,4)14-29-23;1-15-4-3-5-16(14-15)19(28)26-10-8-20(9-11-26)17-6-7-18(21(22,23)24)27(17)13-12-25(20)2;/h4,7-9,16,19,34H,5-6,10-15H2,1-3H3;5-8,13,15,29H,9-12,14H2,1-4H3;3-7,14H,8-13H2,1-2H3;1H. The van der Waals surface area contributed by atoms with Crippen molar-refractivity contribution in [2.75, 3.05) is 66.0 Å². The number of likely N-dealkylation sites (tertiary alicyclic amines) is 3. The Bertz CT molecular complexity index is 3840. The van der Waals surface area contributed by atoms with Crippen molar-refractivity contribution in [3.8, 4) is 5.75 Å². The maximum Gasteiger partial charge on any atom is 0.431 e. The lowest BCUT2D eigenvalue weighted by atomic mass is 9.80. The molecule has 0 unspecified atom stereocenters. The van der Waals surface area contributed by atoms with Gasteiger partial charge in [0.25, 0.3) is 17.7 Å². The molecule has 4 fully saturated rings. The second kappa shape index (κ2) is 25.6. The molecule has 1 saturated carbocycles. The smallest absolute Gasteiger partial charge is 0.431 e. The molecule has 7 aliphatic rings. The summed E-state index contributed by atoms with van der Waals surface area (Å²) in [5.41, 5.74) is 1.50. The minimum absolute atomic E-state index is 0. The molecule has 3 aromatic carbocycles. The zero-order chi connectivity index (χ0) is 68.8. The normalized spacial score (nSPS) is 20.2. The summed E-state index contributed by atoms with van der Waals surface area (Å²) in [7, 11) is 1.97. The molecule has 24 heteroatoms. The Hall–Kier alpha value is -6.79. The molecule has 0 radical (unpaired) electrons. The Kier molecular flexibility index (Phi) is 18.7. The molecule has 0 atom stereocenters. The molecule has 9 heterocycles. The maximum atomic E-state index is 13.7. The second-order valence-electron chi connectivity index (χ2n) is 28.2. The molecule has 95 heavy (non-hydrogen) atoms. The van der Waals surface area contributed by atoms with Gasteiger partial charge >= 0.3 is 18.5 Å². The number of hydrogen-bond donors (Lipinski definition) is 2. The summed E-state index contributed by atoms with van der Waals surface area (Å²) in [5.74, 6) is 0.296. The molecular formula is C71H87ClF9N9O5. The fourth-order valence-corrected chi connectivity index (χ4v) is 16.0. The van der Waals surface area contributed by atoms with Crippen molar-refractivity contribution in [1.82, 2.24) is 43.5 Å². The lowest BCUT2D eigenvalue weighted by molar-refractivity contribution is -0.146. The Morgan fingerprint density at radius 3 is 1.56 bits per heavy atom. The van der Waals surface area contributed by atoms with E-state index < -0.39 is 63.4 Å². The van der Waals surface area contributed by atoms with Gasteiger partial charge in [0.05, 0.1) is 38.9 Å². The van der Waals surface area contributed by atoms with Crippen LogP contribution < -0.4 is 10.1 Å². The number of aromatic nitrogens is 3. The summed E-state index contributed by atoms with van der Waals surface area (Å²) in [6.07, 6.45) is -7.45. The summed E-state index contributed by atoms with van der Waals surface area (Å²) >= 11 is 6.29. The minimum atomic E-state index is -4.42. The van der Waals surface area contributed by atoms with E-state index >= 15 is 0 Å². The Morgan fingerprint density at radius 1 is 0.589 bits per heavy atom. The van der Waals surface area contributed by atoms with Gasteiger partial charge in [-0.05, 0) is 204 Å². The topological polar surface area (TPSA) is 124 Å². The molecule has 14 nitrogen and oxygen atoms in total. The third-order valence-corrected chi connectivity index (χ3v) is 21.0. The van der Waals surface area contributed by atoms with Crippen LogP contribution >= 0.6 is 11.6 Å². The van der Waals surface area contributed by atoms with Crippen LogP contribution in [0.2, 0.25) is 5.02 Å². The van der Waals surface area contributed by atoms with E-state index in [1.54, 1.807) is 81.1 Å². The molecular weight excluding hydrogens is 1270 g/mol. The van der Waals surface area contributed by atoms with Crippen LogP contribution in [0, 0.1) is 13.8 Å². The van der Waals surface area contributed by atoms with Gasteiger partial charge in [-0.3, -0.25) is 24.2 Å². The van der Waals surface area contributed by atoms with Crippen LogP contribution in [0.4, 0.5) is 39.5 Å². The maximum absolute atomic E-state index is 13.7. The predicted molar refractivity (Wildman–Crippen MR) is 345 cm³/mol. The molecule has 13 rings (SSSR count). The first-order valence-electron chi connectivity index (χ1n) is 32.8. The summed E-state index contributed by atoms with van der Waals surface area (Å²) in [5, 5.41) is 14.2. The zero-order valence-electron chi connectivity index (χ0n) is 55.3. The number of likely N-dealkylation sites (N-methyl/N-ethyl adjacent to an activating group) is 1. The third kappa shape index (κ3) is 13.5. The van der Waals surface area contributed by atoms with E-state index in [1.807, 2.05) is 74.9 Å². The summed E-state index contributed by atoms with van der Waals surface area (Å²) < 4.78 is 132. The largest absolute Gasteiger partial charge is 0.489 e. The SMILES string of the molecule is CC(C)Oc1ccc(C(=O)N2CCC3(CC2)NCC(C)(C)n2c(C(F)(F)F)ccc23)cc1Cl.Cc1cc(C(=O)N2CCC3(CC2)c2ccc(C(F)(F)F)n2CCN3C2CC2)ccc1C(C)(C)O.Cc1cccc(C(=O)N2CCC3(CC2)c2ccc(C(F)(F)F)n2CCN3C)c1.[HH]. The monoisotopic (exact) mass is 1350 g/mol. The molecule has 6 aromatic rings. The first-order chi connectivity index (χ1) is 44.5. The molecule has 516 valence electrons. The molecule has 3 spiro atoms. The number of hydrogen-bond acceptors (Lipinski definition) is 8. The summed E-state index contributed by atoms with van der Waals surface area (Å²) in [6.45, 7) is 19.9. The molecule has 0 bridgehead atoms. The first-order valence-corrected chi connectivity index (χ1v) is 33.2. The predicted octanol–water partition coefficient (Wildman–Crippen LogP) is 14.2. The lowest BCUT2D eigenvalue weighted by Gasteiger charge is -2.52. The van der Waals surface area contributed by atoms with Gasteiger partial charge in [-0.1, -0.05) is 35.4 Å². The van der Waals surface area contributed by atoms with Crippen LogP contribution in [-0.4, -0.2) is 139 Å². The van der Waals surface area contributed by atoms with E-state index in [0.29, 0.717) is 150 Å². The van der Waals surface area contributed by atoms with Gasteiger partial charge in [0.1, 0.15) is 22.8 Å². The minimum Gasteiger partial charge on any atom is -0.489 e. The number of alkyl halides is 9. The van der Waals surface area contributed by atoms with Crippen molar-refractivity contribution in [2.24, 2.45) is 0 Å². The van der Waals surface area contributed by atoms with Gasteiger partial charge in [0.15, 0.2) is 0 Å². The number of fused-ring (bicyclic) bond motifs is 6. The molecule has 3 aromatic heterocycles. The van der Waals surface area contributed by atoms with Crippen LogP contribution in [0.1, 0.15) is 176 Å². The number of amides is 3. The van der Waals surface area contributed by atoms with Crippen molar-refractivity contribution in [2.45, 2.75) is 178 Å². The van der Waals surface area contributed by atoms with Crippen molar-refractivity contribution in [1.29, 1.82) is 0 Å². The molecule has 6 aliphatic heterocycles. The second-order valence-corrected chi connectivity index (χ2v) is 28.7. The number of piperidine rings is 3. The van der Waals surface area contributed by atoms with Gasteiger partial charge in [0, 0.05) is 113 Å². The molecule has 3 saturated heterocycles. The number of aliphatic hydroxyl groups is 1. The fourth-order valence-electron chi connectivity index (χ4n) is 15.8. The highest BCUT2D eigenvalue weighted by atomic mass is 35.5. The van der Waals surface area contributed by atoms with Crippen LogP contribution in [0.25, 0.3) is 0 Å². The van der Waals surface area contributed by atoms with Gasteiger partial charge in [-0.15, -0.1) is 0 Å². The number of nitrogens with zero attached hydrogens (tertiary/aromatic N) is 8. The van der Waals surface area contributed by atoms with Crippen LogP contribution in [0.15, 0.2) is 97.1 Å². The van der Waals surface area contributed by atoms with E-state index in [2.05, 4.69) is 15.1 Å². The quantitative estimate of drug-likeness (QED) is 0.152. The van der Waals surface area contributed by atoms with Gasteiger partial charge in [0.2, 0.25) is 0 Å². The van der Waals surface area contributed by atoms with Gasteiger partial charge < -0.3 is 43.6 Å². The number of carbonyl (C=O) groups excluding carboxylic acids is 3. The van der Waals surface area contributed by atoms with E-state index in [-0.39, 0.29) is 25.3 Å². The van der Waals surface area contributed by atoms with Gasteiger partial charge in [-0.25, -0.2) is 0 Å². The summed E-state index contributed by atoms with van der Waals surface area (Å²) in [4.78, 5) is 49.2. The fraction of sp³-hybridized carbons (Fsp3) is 0.535. The number of halogens is 10. The average Bonchev–Trinajstić information content (AvgIpc) is 1.52. The average molecular weight is 1350 g/mol. The number of ether oxygens (including phenoxy) is 1. The van der Waals surface area contributed by atoms with E-state index in [4.69, 9.17) is 16.3 Å². The number of nitrogens with one attached hydrogen (secondary N) is 1. The van der Waals surface area contributed by atoms with Crippen LogP contribution in [0.5, 0.6) is 5.75 Å². The van der Waals surface area contributed by atoms with Crippen molar-refractivity contribution in [3.05, 3.63) is 170 Å². The summed E-state index contributed by atoms with van der Waals surface area (Å²) in [6, 6.07) is 26.8. The molecule has 3 amide bonds. The number of aryl methyl sites for hydroxylation is 2. The lowest BCUT2D eigenvalue weighted by Crippen LogP contribution is -2.61. The first kappa shape index (κ1) is 69.6. The highest BCUT2D eigenvalue weighted by Gasteiger charge is 2.54. The Balaban J connectivity index is 0.000000157. The van der Waals surface area contributed by atoms with Crippen molar-refractivity contribution < 1.29 is 65.2 Å². The van der Waals surface area contributed by atoms with Crippen LogP contribution in [-0.2, 0) is 59.4 Å². The zero-order valence-corrected chi connectivity index (χ0v) is 56.0. The van der Waals surface area contributed by atoms with E-state index in [1.165, 1.54) is 31.9 Å². The molecule has 1 aliphatic carbocycles. The Morgan fingerprint density at radius 2 is 1.06 bits per heavy atom. The highest BCUT2D eigenvalue weighted by Crippen LogP contribution is 2.50. The van der Waals surface area contributed by atoms with Gasteiger partial charge in [-0.2, -0.15) is 39.5 Å². The number of benzene rings is 3. The number of carbonyl (C=O) groups is 3. The van der Waals surface area contributed by atoms with E-state index in [0.717, 1.165) is 40.9 Å². The Labute approximate surface area is 555 Å².